The highest BCUT2D eigenvalue weighted by Gasteiger charge is 2.35. The summed E-state index contributed by atoms with van der Waals surface area (Å²) in [4.78, 5) is 14.9. The Morgan fingerprint density at radius 1 is 1.38 bits per heavy atom. The summed E-state index contributed by atoms with van der Waals surface area (Å²) in [6.45, 7) is 1.35. The van der Waals surface area contributed by atoms with Crippen LogP contribution in [0.5, 0.6) is 0 Å². The van der Waals surface area contributed by atoms with Gasteiger partial charge in [0.1, 0.15) is 0 Å². The van der Waals surface area contributed by atoms with Crippen LogP contribution < -0.4 is 5.32 Å². The van der Waals surface area contributed by atoms with Crippen LogP contribution in [0, 0.1) is 0 Å². The molecule has 2 saturated heterocycles. The number of rotatable bonds is 2. The smallest absolute Gasteiger partial charge is 0.240 e. The van der Waals surface area contributed by atoms with Crippen LogP contribution in [0.4, 0.5) is 0 Å². The largest absolute Gasteiger partial charge is 0.392 e. The highest BCUT2D eigenvalue weighted by atomic mass is 16.3. The van der Waals surface area contributed by atoms with E-state index in [0.29, 0.717) is 13.0 Å². The molecule has 5 heteroatoms. The van der Waals surface area contributed by atoms with Gasteiger partial charge in [0.25, 0.3) is 0 Å². The Balaban J connectivity index is 1.82. The van der Waals surface area contributed by atoms with Crippen molar-refractivity contribution >= 4 is 5.91 Å². The molecule has 0 saturated carbocycles. The van der Waals surface area contributed by atoms with E-state index < -0.39 is 0 Å². The van der Waals surface area contributed by atoms with Crippen LogP contribution in [0.1, 0.15) is 43.8 Å². The number of amides is 1. The maximum Gasteiger partial charge on any atom is 0.240 e. The summed E-state index contributed by atoms with van der Waals surface area (Å²) in [5, 5.41) is 12.8. The molecule has 2 aliphatic heterocycles. The number of likely N-dealkylation sites (tertiary alicyclic amines) is 1. The van der Waals surface area contributed by atoms with E-state index >= 15 is 0 Å². The molecule has 1 aromatic rings. The van der Waals surface area contributed by atoms with Gasteiger partial charge in [-0.2, -0.15) is 0 Å². The molecule has 5 nitrogen and oxygen atoms in total. The molecule has 0 radical (unpaired) electrons. The third-order valence-corrected chi connectivity index (χ3v) is 4.77. The van der Waals surface area contributed by atoms with Gasteiger partial charge in [-0.05, 0) is 31.4 Å². The topological polar surface area (TPSA) is 57.5 Å². The minimum atomic E-state index is -0.389. The lowest BCUT2D eigenvalue weighted by atomic mass is 10.0. The zero-order chi connectivity index (χ0) is 14.8. The van der Waals surface area contributed by atoms with Crippen LogP contribution in [0.2, 0.25) is 0 Å². The quantitative estimate of drug-likeness (QED) is 0.860. The Morgan fingerprint density at radius 3 is 2.90 bits per heavy atom. The van der Waals surface area contributed by atoms with Crippen molar-refractivity contribution in [3.05, 3.63) is 24.0 Å². The molecule has 2 N–H and O–H groups in total. The summed E-state index contributed by atoms with van der Waals surface area (Å²) in [5.74, 6) is 0.152. The fraction of sp³-hybridized carbons (Fsp3) is 0.688. The molecule has 3 unspecified atom stereocenters. The molecule has 2 aliphatic rings. The summed E-state index contributed by atoms with van der Waals surface area (Å²) in [5.41, 5.74) is 1.21. The summed E-state index contributed by atoms with van der Waals surface area (Å²) in [6, 6.07) is 4.11. The van der Waals surface area contributed by atoms with E-state index in [0.717, 1.165) is 19.4 Å². The first-order chi connectivity index (χ1) is 10.2. The number of nitrogens with one attached hydrogen (secondary N) is 1. The zero-order valence-corrected chi connectivity index (χ0v) is 12.7. The molecule has 116 valence electrons. The predicted octanol–water partition coefficient (Wildman–Crippen LogP) is 1.19. The SMILES string of the molecule is Cn1cccc1C1CCCCCN1C(=O)C1CC(O)CN1. The Hall–Kier alpha value is -1.33. The standard InChI is InChI=1S/C16H25N3O2/c1-18-8-5-7-14(18)15-6-3-2-4-9-19(15)16(21)13-10-12(20)11-17-13/h5,7-8,12-13,15,17,20H,2-4,6,9-11H2,1H3. The van der Waals surface area contributed by atoms with Crippen molar-refractivity contribution in [3.63, 3.8) is 0 Å². The van der Waals surface area contributed by atoms with Crippen molar-refractivity contribution < 1.29 is 9.90 Å². The summed E-state index contributed by atoms with van der Waals surface area (Å²) >= 11 is 0. The number of nitrogens with zero attached hydrogens (tertiary/aromatic N) is 2. The van der Waals surface area contributed by atoms with E-state index in [-0.39, 0.29) is 24.1 Å². The minimum absolute atomic E-state index is 0.152. The maximum absolute atomic E-state index is 12.9. The van der Waals surface area contributed by atoms with Crippen molar-refractivity contribution in [2.45, 2.75) is 50.3 Å². The highest BCUT2D eigenvalue weighted by Crippen LogP contribution is 2.31. The van der Waals surface area contributed by atoms with Gasteiger partial charge in [-0.15, -0.1) is 0 Å². The average molecular weight is 291 g/mol. The van der Waals surface area contributed by atoms with Crippen LogP contribution in [-0.4, -0.2) is 45.7 Å². The number of aromatic nitrogens is 1. The molecule has 3 rings (SSSR count). The highest BCUT2D eigenvalue weighted by molar-refractivity contribution is 5.82. The average Bonchev–Trinajstić information content (AvgIpc) is 3.00. The van der Waals surface area contributed by atoms with Crippen LogP contribution in [0.25, 0.3) is 0 Å². The van der Waals surface area contributed by atoms with Crippen molar-refractivity contribution in [2.75, 3.05) is 13.1 Å². The van der Waals surface area contributed by atoms with Gasteiger partial charge in [-0.25, -0.2) is 0 Å². The number of carbonyl (C=O) groups excluding carboxylic acids is 1. The first-order valence-corrected chi connectivity index (χ1v) is 8.00. The zero-order valence-electron chi connectivity index (χ0n) is 12.7. The van der Waals surface area contributed by atoms with Gasteiger partial charge >= 0.3 is 0 Å². The summed E-state index contributed by atoms with van der Waals surface area (Å²) in [7, 11) is 2.04. The van der Waals surface area contributed by atoms with Gasteiger partial charge in [0, 0.05) is 32.0 Å². The molecule has 0 aliphatic carbocycles. The lowest BCUT2D eigenvalue weighted by Crippen LogP contribution is -2.45. The number of aryl methyl sites for hydroxylation is 1. The van der Waals surface area contributed by atoms with Crippen LogP contribution in [0.15, 0.2) is 18.3 Å². The molecule has 1 aromatic heterocycles. The molecule has 3 atom stereocenters. The van der Waals surface area contributed by atoms with Crippen LogP contribution in [0.3, 0.4) is 0 Å². The van der Waals surface area contributed by atoms with Gasteiger partial charge in [0.15, 0.2) is 0 Å². The van der Waals surface area contributed by atoms with Gasteiger partial charge in [-0.1, -0.05) is 12.8 Å². The van der Waals surface area contributed by atoms with E-state index in [2.05, 4.69) is 16.0 Å². The van der Waals surface area contributed by atoms with Crippen LogP contribution >= 0.6 is 0 Å². The van der Waals surface area contributed by atoms with Crippen molar-refractivity contribution in [1.82, 2.24) is 14.8 Å². The minimum Gasteiger partial charge on any atom is -0.392 e. The van der Waals surface area contributed by atoms with E-state index in [1.807, 2.05) is 24.2 Å². The number of carbonyl (C=O) groups is 1. The summed E-state index contributed by atoms with van der Waals surface area (Å²) in [6.07, 6.45) is 6.64. The number of hydrogen-bond acceptors (Lipinski definition) is 3. The second kappa shape index (κ2) is 6.20. The second-order valence-electron chi connectivity index (χ2n) is 6.29. The molecule has 2 fully saturated rings. The Labute approximate surface area is 125 Å². The Morgan fingerprint density at radius 2 is 2.24 bits per heavy atom. The fourth-order valence-electron chi connectivity index (χ4n) is 3.61. The molecule has 0 aromatic carbocycles. The second-order valence-corrected chi connectivity index (χ2v) is 6.29. The third kappa shape index (κ3) is 2.99. The van der Waals surface area contributed by atoms with Crippen molar-refractivity contribution in [2.24, 2.45) is 7.05 Å². The maximum atomic E-state index is 12.9. The van der Waals surface area contributed by atoms with E-state index in [4.69, 9.17) is 0 Å². The summed E-state index contributed by atoms with van der Waals surface area (Å²) < 4.78 is 2.12. The lowest BCUT2D eigenvalue weighted by Gasteiger charge is -2.32. The number of aliphatic hydroxyl groups is 1. The van der Waals surface area contributed by atoms with Crippen molar-refractivity contribution in [3.8, 4) is 0 Å². The van der Waals surface area contributed by atoms with Crippen molar-refractivity contribution in [1.29, 1.82) is 0 Å². The first kappa shape index (κ1) is 14.6. The fourth-order valence-corrected chi connectivity index (χ4v) is 3.61. The third-order valence-electron chi connectivity index (χ3n) is 4.77. The molecule has 3 heterocycles. The predicted molar refractivity (Wildman–Crippen MR) is 80.7 cm³/mol. The van der Waals surface area contributed by atoms with Gasteiger partial charge in [0.2, 0.25) is 5.91 Å². The Kier molecular flexibility index (Phi) is 4.31. The van der Waals surface area contributed by atoms with Gasteiger partial charge in [-0.3, -0.25) is 4.79 Å². The first-order valence-electron chi connectivity index (χ1n) is 8.00. The van der Waals surface area contributed by atoms with E-state index in [9.17, 15) is 9.90 Å². The normalized spacial score (nSPS) is 30.4. The molecule has 21 heavy (non-hydrogen) atoms. The van der Waals surface area contributed by atoms with Gasteiger partial charge in [0.05, 0.1) is 18.2 Å². The van der Waals surface area contributed by atoms with Gasteiger partial charge < -0.3 is 19.9 Å². The number of hydrogen-bond donors (Lipinski definition) is 2. The Bertz CT molecular complexity index is 499. The monoisotopic (exact) mass is 291 g/mol. The number of aliphatic hydroxyl groups excluding tert-OH is 1. The van der Waals surface area contributed by atoms with Crippen LogP contribution in [-0.2, 0) is 11.8 Å². The number of β-amino-alcohol motifs (C(OH)–C–C–N with tert-alkyl or cyclic N) is 1. The molecule has 1 amide bonds. The molecule has 0 bridgehead atoms. The lowest BCUT2D eigenvalue weighted by molar-refractivity contribution is -0.135. The molecule has 0 spiro atoms. The van der Waals surface area contributed by atoms with E-state index in [1.165, 1.54) is 18.5 Å². The molecular weight excluding hydrogens is 266 g/mol. The molecular formula is C16H25N3O2. The van der Waals surface area contributed by atoms with E-state index in [1.54, 1.807) is 0 Å².